The molecule has 110 valence electrons. The van der Waals surface area contributed by atoms with E-state index in [2.05, 4.69) is 5.10 Å². The average molecular weight is 288 g/mol. The summed E-state index contributed by atoms with van der Waals surface area (Å²) in [6.07, 6.45) is 1.16. The normalized spacial score (nSPS) is 10.7. The van der Waals surface area contributed by atoms with Gasteiger partial charge in [-0.1, -0.05) is 17.7 Å². The Hall–Kier alpha value is -2.63. The molecule has 1 N–H and O–H groups in total. The van der Waals surface area contributed by atoms with Crippen molar-refractivity contribution < 1.29 is 19.4 Å². The monoisotopic (exact) mass is 288 g/mol. The van der Waals surface area contributed by atoms with Gasteiger partial charge in [-0.25, -0.2) is 9.59 Å². The van der Waals surface area contributed by atoms with E-state index in [9.17, 15) is 9.59 Å². The Labute approximate surface area is 122 Å². The minimum absolute atomic E-state index is 0.0573. The molecular formula is C15H16N2O4. The minimum Gasteiger partial charge on any atom is -0.478 e. The lowest BCUT2D eigenvalue weighted by Crippen LogP contribution is -2.20. The first-order valence-electron chi connectivity index (χ1n) is 6.49. The third-order valence-corrected chi connectivity index (χ3v) is 2.94. The summed E-state index contributed by atoms with van der Waals surface area (Å²) >= 11 is 0. The number of hydrogen-bond acceptors (Lipinski definition) is 4. The molecule has 0 aliphatic carbocycles. The number of nitrogens with zero attached hydrogens (tertiary/aromatic N) is 2. The van der Waals surface area contributed by atoms with Crippen LogP contribution in [-0.2, 0) is 0 Å². The molecule has 0 bridgehead atoms. The second kappa shape index (κ2) is 5.78. The highest BCUT2D eigenvalue weighted by atomic mass is 16.5. The highest BCUT2D eigenvalue weighted by Gasteiger charge is 2.25. The van der Waals surface area contributed by atoms with Gasteiger partial charge in [0.2, 0.25) is 0 Å². The first kappa shape index (κ1) is 14.8. The molecule has 1 heterocycles. The molecule has 0 aliphatic rings. The number of hydrogen-bond donors (Lipinski definition) is 1. The quantitative estimate of drug-likeness (QED) is 0.691. The fraction of sp³-hybridized carbons (Fsp3) is 0.267. The number of carboxylic acid groups (broad SMARTS) is 1. The van der Waals surface area contributed by atoms with E-state index in [1.54, 1.807) is 38.1 Å². The maximum Gasteiger partial charge on any atom is 0.362 e. The van der Waals surface area contributed by atoms with Gasteiger partial charge in [0.15, 0.2) is 5.69 Å². The lowest BCUT2D eigenvalue weighted by molar-refractivity contribution is 0.0661. The van der Waals surface area contributed by atoms with Crippen molar-refractivity contribution >= 4 is 11.9 Å². The van der Waals surface area contributed by atoms with Crippen molar-refractivity contribution in [1.82, 2.24) is 9.78 Å². The van der Waals surface area contributed by atoms with Crippen molar-refractivity contribution in [1.29, 1.82) is 0 Å². The number of benzene rings is 1. The largest absolute Gasteiger partial charge is 0.478 e. The highest BCUT2D eigenvalue weighted by molar-refractivity contribution is 6.01. The molecule has 0 unspecified atom stereocenters. The van der Waals surface area contributed by atoms with Crippen LogP contribution in [0.1, 0.15) is 46.3 Å². The fourth-order valence-corrected chi connectivity index (χ4v) is 1.88. The van der Waals surface area contributed by atoms with Gasteiger partial charge in [-0.15, -0.1) is 0 Å². The molecule has 0 fully saturated rings. The fourth-order valence-electron chi connectivity index (χ4n) is 1.88. The van der Waals surface area contributed by atoms with Gasteiger partial charge in [0.05, 0.1) is 6.20 Å². The van der Waals surface area contributed by atoms with Gasteiger partial charge >= 0.3 is 11.9 Å². The Kier molecular flexibility index (Phi) is 4.07. The number of aryl methyl sites for hydroxylation is 1. The van der Waals surface area contributed by atoms with Gasteiger partial charge < -0.3 is 9.84 Å². The van der Waals surface area contributed by atoms with E-state index < -0.39 is 11.9 Å². The molecule has 0 saturated carbocycles. The second-order valence-electron chi connectivity index (χ2n) is 4.95. The van der Waals surface area contributed by atoms with Gasteiger partial charge in [0.25, 0.3) is 0 Å². The van der Waals surface area contributed by atoms with E-state index in [4.69, 9.17) is 9.84 Å². The number of carbonyl (C=O) groups is 2. The first-order valence-corrected chi connectivity index (χ1v) is 6.49. The number of rotatable bonds is 4. The van der Waals surface area contributed by atoms with Crippen molar-refractivity contribution in [3.8, 4) is 5.75 Å². The molecule has 0 spiro atoms. The van der Waals surface area contributed by atoms with Crippen LogP contribution < -0.4 is 4.74 Å². The van der Waals surface area contributed by atoms with Gasteiger partial charge in [0.1, 0.15) is 11.3 Å². The third kappa shape index (κ3) is 3.10. The first-order chi connectivity index (χ1) is 9.90. The molecule has 2 rings (SSSR count). The maximum absolute atomic E-state index is 12.3. The summed E-state index contributed by atoms with van der Waals surface area (Å²) in [5.41, 5.74) is 0.812. The predicted molar refractivity (Wildman–Crippen MR) is 75.7 cm³/mol. The SMILES string of the molecule is Cc1ccc(OC(=O)c2c(C(=O)O)cnn2C(C)C)cc1. The van der Waals surface area contributed by atoms with Gasteiger partial charge in [-0.3, -0.25) is 4.68 Å². The van der Waals surface area contributed by atoms with Crippen LogP contribution in [0, 0.1) is 6.92 Å². The summed E-state index contributed by atoms with van der Waals surface area (Å²) in [4.78, 5) is 23.5. The van der Waals surface area contributed by atoms with E-state index in [1.165, 1.54) is 4.68 Å². The summed E-state index contributed by atoms with van der Waals surface area (Å²) in [5.74, 6) is -1.58. The standard InChI is InChI=1S/C15H16N2O4/c1-9(2)17-13(12(8-16-17)14(18)19)15(20)21-11-6-4-10(3)5-7-11/h4-9H,1-3H3,(H,18,19). The molecule has 1 aromatic heterocycles. The molecule has 0 radical (unpaired) electrons. The molecule has 1 aromatic carbocycles. The second-order valence-corrected chi connectivity index (χ2v) is 4.95. The molecule has 6 nitrogen and oxygen atoms in total. The van der Waals surface area contributed by atoms with Gasteiger partial charge in [0, 0.05) is 6.04 Å². The number of ether oxygens (including phenoxy) is 1. The zero-order chi connectivity index (χ0) is 15.6. The summed E-state index contributed by atoms with van der Waals surface area (Å²) < 4.78 is 6.58. The van der Waals surface area contributed by atoms with Crippen molar-refractivity contribution in [2.45, 2.75) is 26.8 Å². The molecule has 2 aromatic rings. The Morgan fingerprint density at radius 1 is 1.24 bits per heavy atom. The van der Waals surface area contributed by atoms with Crippen LogP contribution in [0.5, 0.6) is 5.75 Å². The molecule has 6 heteroatoms. The zero-order valence-electron chi connectivity index (χ0n) is 12.0. The average Bonchev–Trinajstić information content (AvgIpc) is 2.86. The number of aromatic nitrogens is 2. The number of esters is 1. The minimum atomic E-state index is -1.21. The van der Waals surface area contributed by atoms with Crippen LogP contribution in [0.25, 0.3) is 0 Å². The van der Waals surface area contributed by atoms with E-state index in [0.717, 1.165) is 11.8 Å². The van der Waals surface area contributed by atoms with E-state index in [-0.39, 0.29) is 17.3 Å². The molecule has 0 aliphatic heterocycles. The van der Waals surface area contributed by atoms with Crippen molar-refractivity contribution in [3.63, 3.8) is 0 Å². The summed E-state index contributed by atoms with van der Waals surface area (Å²) in [7, 11) is 0. The van der Waals surface area contributed by atoms with E-state index in [0.29, 0.717) is 5.75 Å². The van der Waals surface area contributed by atoms with Crippen molar-refractivity contribution in [2.24, 2.45) is 0 Å². The third-order valence-electron chi connectivity index (χ3n) is 2.94. The highest BCUT2D eigenvalue weighted by Crippen LogP contribution is 2.18. The van der Waals surface area contributed by atoms with Crippen LogP contribution in [0.2, 0.25) is 0 Å². The van der Waals surface area contributed by atoms with Crippen LogP contribution >= 0.6 is 0 Å². The van der Waals surface area contributed by atoms with Crippen LogP contribution in [0.15, 0.2) is 30.5 Å². The Morgan fingerprint density at radius 3 is 2.38 bits per heavy atom. The smallest absolute Gasteiger partial charge is 0.362 e. The Balaban J connectivity index is 2.35. The van der Waals surface area contributed by atoms with E-state index >= 15 is 0 Å². The predicted octanol–water partition coefficient (Wildman–Crippen LogP) is 2.69. The Bertz CT molecular complexity index is 671. The van der Waals surface area contributed by atoms with Gasteiger partial charge in [-0.2, -0.15) is 5.10 Å². The van der Waals surface area contributed by atoms with Crippen molar-refractivity contribution in [3.05, 3.63) is 47.3 Å². The zero-order valence-corrected chi connectivity index (χ0v) is 12.0. The molecule has 0 atom stereocenters. The van der Waals surface area contributed by atoms with E-state index in [1.807, 2.05) is 6.92 Å². The lowest BCUT2D eigenvalue weighted by atomic mass is 10.2. The van der Waals surface area contributed by atoms with Crippen LogP contribution in [-0.4, -0.2) is 26.8 Å². The van der Waals surface area contributed by atoms with Gasteiger partial charge in [-0.05, 0) is 32.9 Å². The number of carboxylic acids is 1. The topological polar surface area (TPSA) is 81.4 Å². The lowest BCUT2D eigenvalue weighted by Gasteiger charge is -2.11. The molecular weight excluding hydrogens is 272 g/mol. The maximum atomic E-state index is 12.3. The summed E-state index contributed by atoms with van der Waals surface area (Å²) in [6.45, 7) is 5.53. The summed E-state index contributed by atoms with van der Waals surface area (Å²) in [5, 5.41) is 13.1. The molecule has 21 heavy (non-hydrogen) atoms. The molecule has 0 saturated heterocycles. The van der Waals surface area contributed by atoms with Crippen molar-refractivity contribution in [2.75, 3.05) is 0 Å². The van der Waals surface area contributed by atoms with Crippen LogP contribution in [0.3, 0.4) is 0 Å². The van der Waals surface area contributed by atoms with Crippen LogP contribution in [0.4, 0.5) is 0 Å². The number of carbonyl (C=O) groups excluding carboxylic acids is 1. The Morgan fingerprint density at radius 2 is 1.86 bits per heavy atom. The molecule has 0 amide bonds. The summed E-state index contributed by atoms with van der Waals surface area (Å²) in [6, 6.07) is 6.77. The number of aromatic carboxylic acids is 1.